The molecule has 2 aromatic rings. The molecule has 0 aliphatic carbocycles. The van der Waals surface area contributed by atoms with Crippen molar-refractivity contribution in [2.45, 2.75) is 24.3 Å². The first-order valence-electron chi connectivity index (χ1n) is 6.53. The predicted molar refractivity (Wildman–Crippen MR) is 81.2 cm³/mol. The standard InChI is InChI=1S/C15H18N2O3S/c1-11(16)9-12-5-4-8-17-15(12)20-13-6-3-7-14(10-13)21(2,18)19/h3-8,10-11H,9,16H2,1-2H3. The van der Waals surface area contributed by atoms with Gasteiger partial charge in [-0.15, -0.1) is 0 Å². The molecule has 1 aromatic carbocycles. The molecular formula is C15H18N2O3S. The number of benzene rings is 1. The smallest absolute Gasteiger partial charge is 0.222 e. The molecule has 112 valence electrons. The fourth-order valence-electron chi connectivity index (χ4n) is 1.90. The molecule has 1 heterocycles. The monoisotopic (exact) mass is 306 g/mol. The van der Waals surface area contributed by atoms with E-state index in [2.05, 4.69) is 4.98 Å². The molecule has 0 aliphatic rings. The Balaban J connectivity index is 2.31. The number of ether oxygens (including phenoxy) is 1. The number of aromatic nitrogens is 1. The number of rotatable bonds is 5. The van der Waals surface area contributed by atoms with Crippen molar-refractivity contribution in [3.8, 4) is 11.6 Å². The van der Waals surface area contributed by atoms with Crippen molar-refractivity contribution in [3.63, 3.8) is 0 Å². The Morgan fingerprint density at radius 2 is 2.05 bits per heavy atom. The summed E-state index contributed by atoms with van der Waals surface area (Å²) in [7, 11) is -3.27. The summed E-state index contributed by atoms with van der Waals surface area (Å²) in [4.78, 5) is 4.40. The van der Waals surface area contributed by atoms with Crippen molar-refractivity contribution >= 4 is 9.84 Å². The summed E-state index contributed by atoms with van der Waals surface area (Å²) in [5.74, 6) is 0.878. The van der Waals surface area contributed by atoms with Gasteiger partial charge in [0.15, 0.2) is 9.84 Å². The third-order valence-corrected chi connectivity index (χ3v) is 3.95. The Bertz CT molecular complexity index is 727. The Kier molecular flexibility index (Phi) is 4.59. The van der Waals surface area contributed by atoms with E-state index in [0.717, 1.165) is 11.8 Å². The van der Waals surface area contributed by atoms with Crippen LogP contribution in [0, 0.1) is 0 Å². The number of hydrogen-bond acceptors (Lipinski definition) is 5. The van der Waals surface area contributed by atoms with Crippen LogP contribution in [0.4, 0.5) is 0 Å². The molecule has 0 bridgehead atoms. The largest absolute Gasteiger partial charge is 0.439 e. The van der Waals surface area contributed by atoms with Gasteiger partial charge in [-0.3, -0.25) is 0 Å². The highest BCUT2D eigenvalue weighted by Crippen LogP contribution is 2.25. The summed E-state index contributed by atoms with van der Waals surface area (Å²) in [6.45, 7) is 1.90. The van der Waals surface area contributed by atoms with Gasteiger partial charge >= 0.3 is 0 Å². The molecule has 1 aromatic heterocycles. The summed E-state index contributed by atoms with van der Waals surface area (Å²) in [5.41, 5.74) is 6.69. The van der Waals surface area contributed by atoms with Crippen molar-refractivity contribution in [1.29, 1.82) is 0 Å². The van der Waals surface area contributed by atoms with Gasteiger partial charge in [-0.2, -0.15) is 0 Å². The number of pyridine rings is 1. The number of hydrogen-bond donors (Lipinski definition) is 1. The highest BCUT2D eigenvalue weighted by atomic mass is 32.2. The normalized spacial score (nSPS) is 12.9. The summed E-state index contributed by atoms with van der Waals surface area (Å²) >= 11 is 0. The lowest BCUT2D eigenvalue weighted by Crippen LogP contribution is -2.18. The van der Waals surface area contributed by atoms with E-state index >= 15 is 0 Å². The van der Waals surface area contributed by atoms with Gasteiger partial charge in [0, 0.05) is 24.1 Å². The maximum Gasteiger partial charge on any atom is 0.222 e. The average molecular weight is 306 g/mol. The first kappa shape index (κ1) is 15.5. The van der Waals surface area contributed by atoms with Gasteiger partial charge in [0.05, 0.1) is 4.90 Å². The van der Waals surface area contributed by atoms with Gasteiger partial charge in [0.2, 0.25) is 5.88 Å². The summed E-state index contributed by atoms with van der Waals surface area (Å²) in [6.07, 6.45) is 3.42. The molecule has 1 unspecified atom stereocenters. The second-order valence-corrected chi connectivity index (χ2v) is 7.01. The van der Waals surface area contributed by atoms with Crippen LogP contribution in [0.5, 0.6) is 11.6 Å². The summed E-state index contributed by atoms with van der Waals surface area (Å²) in [5, 5.41) is 0. The van der Waals surface area contributed by atoms with E-state index in [1.165, 1.54) is 12.1 Å². The zero-order valence-electron chi connectivity index (χ0n) is 12.0. The molecule has 0 aliphatic heterocycles. The first-order valence-corrected chi connectivity index (χ1v) is 8.43. The highest BCUT2D eigenvalue weighted by molar-refractivity contribution is 7.90. The Morgan fingerprint density at radius 3 is 2.71 bits per heavy atom. The van der Waals surface area contributed by atoms with E-state index < -0.39 is 9.84 Å². The topological polar surface area (TPSA) is 82.3 Å². The first-order chi connectivity index (χ1) is 9.86. The molecule has 0 spiro atoms. The minimum absolute atomic E-state index is 0.0149. The minimum Gasteiger partial charge on any atom is -0.439 e. The SMILES string of the molecule is CC(N)Cc1cccnc1Oc1cccc(S(C)(=O)=O)c1. The van der Waals surface area contributed by atoms with Crippen LogP contribution in [-0.4, -0.2) is 25.7 Å². The Hall–Kier alpha value is -1.92. The molecule has 2 N–H and O–H groups in total. The predicted octanol–water partition coefficient (Wildman–Crippen LogP) is 2.17. The van der Waals surface area contributed by atoms with E-state index in [4.69, 9.17) is 10.5 Å². The van der Waals surface area contributed by atoms with Gasteiger partial charge in [0.25, 0.3) is 0 Å². The number of nitrogens with zero attached hydrogens (tertiary/aromatic N) is 1. The molecule has 21 heavy (non-hydrogen) atoms. The lowest BCUT2D eigenvalue weighted by atomic mass is 10.1. The Morgan fingerprint density at radius 1 is 1.29 bits per heavy atom. The molecule has 0 saturated carbocycles. The van der Waals surface area contributed by atoms with Crippen LogP contribution in [-0.2, 0) is 16.3 Å². The zero-order chi connectivity index (χ0) is 15.5. The third-order valence-electron chi connectivity index (χ3n) is 2.84. The van der Waals surface area contributed by atoms with Gasteiger partial charge in [-0.05, 0) is 37.6 Å². The van der Waals surface area contributed by atoms with E-state index in [-0.39, 0.29) is 10.9 Å². The lowest BCUT2D eigenvalue weighted by Gasteiger charge is -2.12. The minimum atomic E-state index is -3.27. The van der Waals surface area contributed by atoms with Crippen molar-refractivity contribution in [3.05, 3.63) is 48.2 Å². The van der Waals surface area contributed by atoms with Crippen LogP contribution in [0.25, 0.3) is 0 Å². The number of sulfone groups is 1. The summed E-state index contributed by atoms with van der Waals surface area (Å²) in [6, 6.07) is 10.0. The highest BCUT2D eigenvalue weighted by Gasteiger charge is 2.11. The molecule has 0 saturated heterocycles. The quantitative estimate of drug-likeness (QED) is 0.915. The summed E-state index contributed by atoms with van der Waals surface area (Å²) < 4.78 is 28.8. The molecular weight excluding hydrogens is 288 g/mol. The molecule has 1 atom stereocenters. The van der Waals surface area contributed by atoms with Gasteiger partial charge < -0.3 is 10.5 Å². The van der Waals surface area contributed by atoms with Gasteiger partial charge in [-0.25, -0.2) is 13.4 Å². The van der Waals surface area contributed by atoms with Crippen LogP contribution < -0.4 is 10.5 Å². The second kappa shape index (κ2) is 6.24. The molecule has 0 fully saturated rings. The van der Waals surface area contributed by atoms with Gasteiger partial charge in [-0.1, -0.05) is 12.1 Å². The van der Waals surface area contributed by atoms with E-state index in [0.29, 0.717) is 18.1 Å². The third kappa shape index (κ3) is 4.27. The molecule has 5 nitrogen and oxygen atoms in total. The van der Waals surface area contributed by atoms with Gasteiger partial charge in [0.1, 0.15) is 5.75 Å². The van der Waals surface area contributed by atoms with Crippen molar-refractivity contribution < 1.29 is 13.2 Å². The second-order valence-electron chi connectivity index (χ2n) is 5.00. The van der Waals surface area contributed by atoms with E-state index in [1.54, 1.807) is 18.3 Å². The Labute approximate surface area is 124 Å². The van der Waals surface area contributed by atoms with Crippen LogP contribution >= 0.6 is 0 Å². The molecule has 2 rings (SSSR count). The van der Waals surface area contributed by atoms with Crippen molar-refractivity contribution in [2.75, 3.05) is 6.26 Å². The van der Waals surface area contributed by atoms with Crippen LogP contribution in [0.2, 0.25) is 0 Å². The maximum absolute atomic E-state index is 11.6. The van der Waals surface area contributed by atoms with Crippen LogP contribution in [0.3, 0.4) is 0 Å². The molecule has 0 amide bonds. The number of nitrogens with two attached hydrogens (primary N) is 1. The fraction of sp³-hybridized carbons (Fsp3) is 0.267. The fourth-order valence-corrected chi connectivity index (χ4v) is 2.55. The average Bonchev–Trinajstić information content (AvgIpc) is 2.40. The van der Waals surface area contributed by atoms with Crippen LogP contribution in [0.1, 0.15) is 12.5 Å². The van der Waals surface area contributed by atoms with Crippen molar-refractivity contribution in [2.24, 2.45) is 5.73 Å². The zero-order valence-corrected chi connectivity index (χ0v) is 12.8. The van der Waals surface area contributed by atoms with Crippen molar-refractivity contribution in [1.82, 2.24) is 4.98 Å². The maximum atomic E-state index is 11.6. The lowest BCUT2D eigenvalue weighted by molar-refractivity contribution is 0.452. The van der Waals surface area contributed by atoms with Crippen LogP contribution in [0.15, 0.2) is 47.5 Å². The molecule has 0 radical (unpaired) electrons. The molecule has 6 heteroatoms. The van der Waals surface area contributed by atoms with E-state index in [1.807, 2.05) is 19.1 Å². The van der Waals surface area contributed by atoms with E-state index in [9.17, 15) is 8.42 Å².